The van der Waals surface area contributed by atoms with E-state index in [0.717, 1.165) is 48.5 Å². The molecule has 184 valence electrons. The Morgan fingerprint density at radius 2 is 1.94 bits per heavy atom. The molecule has 3 aromatic heterocycles. The van der Waals surface area contributed by atoms with E-state index in [4.69, 9.17) is 9.47 Å². The zero-order valence-corrected chi connectivity index (χ0v) is 19.7. The van der Waals surface area contributed by atoms with Crippen molar-refractivity contribution in [3.8, 4) is 17.1 Å². The first-order valence-electron chi connectivity index (χ1n) is 12.1. The fraction of sp³-hybridized carbons (Fsp3) is 0.308. The number of hydrogen-bond acceptors (Lipinski definition) is 8. The molecule has 4 aromatic rings. The van der Waals surface area contributed by atoms with Gasteiger partial charge in [-0.25, -0.2) is 9.97 Å². The maximum atomic E-state index is 12.8. The van der Waals surface area contributed by atoms with Crippen LogP contribution in [0.4, 0.5) is 11.6 Å². The van der Waals surface area contributed by atoms with Crippen LogP contribution >= 0.6 is 0 Å². The summed E-state index contributed by atoms with van der Waals surface area (Å²) in [5, 5.41) is 7.48. The Bertz CT molecular complexity index is 1380. The Morgan fingerprint density at radius 3 is 2.81 bits per heavy atom. The third kappa shape index (κ3) is 4.86. The van der Waals surface area contributed by atoms with Crippen LogP contribution in [0.3, 0.4) is 0 Å². The van der Waals surface area contributed by atoms with E-state index in [1.54, 1.807) is 12.4 Å². The fourth-order valence-electron chi connectivity index (χ4n) is 4.48. The predicted molar refractivity (Wildman–Crippen MR) is 135 cm³/mol. The summed E-state index contributed by atoms with van der Waals surface area (Å²) in [5.41, 5.74) is 3.72. The van der Waals surface area contributed by atoms with Gasteiger partial charge in [-0.1, -0.05) is 0 Å². The number of piperazine rings is 1. The molecular weight excluding hydrogens is 458 g/mol. The molecule has 6 rings (SSSR count). The summed E-state index contributed by atoms with van der Waals surface area (Å²) in [5.74, 6) is 1.22. The topological polar surface area (TPSA) is 117 Å². The second kappa shape index (κ2) is 9.92. The molecule has 1 aromatic carbocycles. The van der Waals surface area contributed by atoms with Crippen LogP contribution in [-0.2, 0) is 4.74 Å². The molecule has 10 nitrogen and oxygen atoms in total. The van der Waals surface area contributed by atoms with Crippen LogP contribution in [0.25, 0.3) is 22.3 Å². The second-order valence-electron chi connectivity index (χ2n) is 8.90. The third-order valence-electron chi connectivity index (χ3n) is 6.35. The van der Waals surface area contributed by atoms with Crippen molar-refractivity contribution in [2.75, 3.05) is 44.7 Å². The highest BCUT2D eigenvalue weighted by molar-refractivity contribution is 5.98. The highest BCUT2D eigenvalue weighted by atomic mass is 16.5. The maximum Gasteiger partial charge on any atom is 0.270 e. The number of benzene rings is 1. The molecule has 0 bridgehead atoms. The van der Waals surface area contributed by atoms with Gasteiger partial charge in [-0.3, -0.25) is 9.78 Å². The summed E-state index contributed by atoms with van der Waals surface area (Å²) in [6, 6.07) is 13.3. The highest BCUT2D eigenvalue weighted by Crippen LogP contribution is 2.25. The van der Waals surface area contributed by atoms with Crippen molar-refractivity contribution in [3.05, 3.63) is 60.6 Å². The van der Waals surface area contributed by atoms with Gasteiger partial charge in [0.25, 0.3) is 5.91 Å². The van der Waals surface area contributed by atoms with Gasteiger partial charge in [-0.15, -0.1) is 0 Å². The van der Waals surface area contributed by atoms with Gasteiger partial charge < -0.3 is 30.0 Å². The van der Waals surface area contributed by atoms with Crippen molar-refractivity contribution in [3.63, 3.8) is 0 Å². The summed E-state index contributed by atoms with van der Waals surface area (Å²) < 4.78 is 11.4. The van der Waals surface area contributed by atoms with E-state index in [2.05, 4.69) is 30.6 Å². The minimum atomic E-state index is 0.0254. The SMILES string of the molecule is O=C(c1cc2cc(Nc3nccc(-c4cc(OC5CCOC5)ccn4)n3)ccc2[nH]1)N1CCNCC1. The van der Waals surface area contributed by atoms with Gasteiger partial charge in [0, 0.05) is 67.7 Å². The Labute approximate surface area is 208 Å². The average Bonchev–Trinajstić information content (AvgIpc) is 3.59. The molecule has 3 N–H and O–H groups in total. The van der Waals surface area contributed by atoms with Crippen molar-refractivity contribution < 1.29 is 14.3 Å². The number of aromatic amines is 1. The van der Waals surface area contributed by atoms with Crippen LogP contribution in [0.1, 0.15) is 16.9 Å². The second-order valence-corrected chi connectivity index (χ2v) is 8.90. The molecule has 1 atom stereocenters. The summed E-state index contributed by atoms with van der Waals surface area (Å²) in [7, 11) is 0. The Morgan fingerprint density at radius 1 is 1.06 bits per heavy atom. The van der Waals surface area contributed by atoms with Crippen LogP contribution in [0.15, 0.2) is 54.9 Å². The fourth-order valence-corrected chi connectivity index (χ4v) is 4.48. The van der Waals surface area contributed by atoms with E-state index in [1.165, 1.54) is 0 Å². The van der Waals surface area contributed by atoms with Crippen LogP contribution in [0.5, 0.6) is 5.75 Å². The third-order valence-corrected chi connectivity index (χ3v) is 6.35. The molecule has 0 saturated carbocycles. The number of hydrogen-bond donors (Lipinski definition) is 3. The molecule has 2 aliphatic rings. The molecule has 36 heavy (non-hydrogen) atoms. The molecule has 1 unspecified atom stereocenters. The molecule has 2 fully saturated rings. The quantitative estimate of drug-likeness (QED) is 0.382. The zero-order valence-electron chi connectivity index (χ0n) is 19.7. The smallest absolute Gasteiger partial charge is 0.270 e. The number of fused-ring (bicyclic) bond motifs is 1. The molecular formula is C26H27N7O3. The maximum absolute atomic E-state index is 12.8. The molecule has 0 radical (unpaired) electrons. The summed E-state index contributed by atoms with van der Waals surface area (Å²) in [4.78, 5) is 31.4. The lowest BCUT2D eigenvalue weighted by Crippen LogP contribution is -2.46. The van der Waals surface area contributed by atoms with E-state index in [-0.39, 0.29) is 12.0 Å². The minimum absolute atomic E-state index is 0.0254. The summed E-state index contributed by atoms with van der Waals surface area (Å²) in [6.07, 6.45) is 4.37. The van der Waals surface area contributed by atoms with Gasteiger partial charge in [0.1, 0.15) is 17.5 Å². The zero-order chi connectivity index (χ0) is 24.3. The molecule has 2 aliphatic heterocycles. The van der Waals surface area contributed by atoms with E-state index in [1.807, 2.05) is 47.4 Å². The van der Waals surface area contributed by atoms with Crippen LogP contribution in [0.2, 0.25) is 0 Å². The lowest BCUT2D eigenvalue weighted by Gasteiger charge is -2.26. The summed E-state index contributed by atoms with van der Waals surface area (Å²) in [6.45, 7) is 4.41. The minimum Gasteiger partial charge on any atom is -0.488 e. The van der Waals surface area contributed by atoms with Crippen molar-refractivity contribution >= 4 is 28.4 Å². The first kappa shape index (κ1) is 22.4. The first-order chi connectivity index (χ1) is 17.7. The lowest BCUT2D eigenvalue weighted by molar-refractivity contribution is 0.0731. The number of amides is 1. The lowest BCUT2D eigenvalue weighted by atomic mass is 10.2. The van der Waals surface area contributed by atoms with Gasteiger partial charge in [-0.05, 0) is 36.4 Å². The number of pyridine rings is 1. The van der Waals surface area contributed by atoms with E-state index < -0.39 is 0 Å². The number of anilines is 2. The number of rotatable bonds is 6. The van der Waals surface area contributed by atoms with Crippen molar-refractivity contribution in [1.29, 1.82) is 0 Å². The Kier molecular flexibility index (Phi) is 6.18. The Balaban J connectivity index is 1.18. The number of aromatic nitrogens is 4. The number of carbonyl (C=O) groups excluding carboxylic acids is 1. The van der Waals surface area contributed by atoms with Crippen LogP contribution in [0, 0.1) is 0 Å². The van der Waals surface area contributed by atoms with Gasteiger partial charge in [0.05, 0.1) is 24.6 Å². The monoisotopic (exact) mass is 485 g/mol. The predicted octanol–water partition coefficient (Wildman–Crippen LogP) is 2.98. The van der Waals surface area contributed by atoms with Crippen molar-refractivity contribution in [1.82, 2.24) is 30.2 Å². The molecule has 1 amide bonds. The van der Waals surface area contributed by atoms with E-state index >= 15 is 0 Å². The number of carbonyl (C=O) groups is 1. The number of ether oxygens (including phenoxy) is 2. The normalized spacial score (nSPS) is 17.9. The highest BCUT2D eigenvalue weighted by Gasteiger charge is 2.20. The van der Waals surface area contributed by atoms with Crippen LogP contribution in [-0.4, -0.2) is 76.2 Å². The van der Waals surface area contributed by atoms with Crippen molar-refractivity contribution in [2.45, 2.75) is 12.5 Å². The van der Waals surface area contributed by atoms with Gasteiger partial charge in [0.2, 0.25) is 5.95 Å². The van der Waals surface area contributed by atoms with E-state index in [9.17, 15) is 4.79 Å². The number of nitrogens with zero attached hydrogens (tertiary/aromatic N) is 4. The van der Waals surface area contributed by atoms with Crippen LogP contribution < -0.4 is 15.4 Å². The molecule has 2 saturated heterocycles. The number of H-pyrrole nitrogens is 1. The Hall–Kier alpha value is -4.02. The molecule has 0 spiro atoms. The van der Waals surface area contributed by atoms with Gasteiger partial charge in [-0.2, -0.15) is 0 Å². The summed E-state index contributed by atoms with van der Waals surface area (Å²) >= 11 is 0. The van der Waals surface area contributed by atoms with Gasteiger partial charge >= 0.3 is 0 Å². The first-order valence-corrected chi connectivity index (χ1v) is 12.1. The largest absolute Gasteiger partial charge is 0.488 e. The molecule has 5 heterocycles. The van der Waals surface area contributed by atoms with Crippen molar-refractivity contribution in [2.24, 2.45) is 0 Å². The average molecular weight is 486 g/mol. The van der Waals surface area contributed by atoms with Gasteiger partial charge in [0.15, 0.2) is 0 Å². The van der Waals surface area contributed by atoms with E-state index in [0.29, 0.717) is 42.7 Å². The number of nitrogens with one attached hydrogen (secondary N) is 3. The standard InChI is InChI=1S/C26H27N7O3/c34-25(33-10-8-27-9-11-33)24-14-17-13-18(1-2-21(17)31-24)30-26-29-7-4-22(32-26)23-15-19(3-6-28-23)36-20-5-12-35-16-20/h1-4,6-7,13-15,20,27,31H,5,8-12,16H2,(H,29,30,32). The molecule has 10 heteroatoms. The molecule has 0 aliphatic carbocycles.